The Morgan fingerprint density at radius 2 is 2.11 bits per heavy atom. The first-order chi connectivity index (χ1) is 4.30. The molecule has 2 heteroatoms. The molecule has 0 unspecified atom stereocenters. The third kappa shape index (κ3) is 1.52. The van der Waals surface area contributed by atoms with Crippen LogP contribution in [0.4, 0.5) is 0 Å². The van der Waals surface area contributed by atoms with Crippen LogP contribution < -0.4 is 11.5 Å². The fourth-order valence-electron chi connectivity index (χ4n) is 0.615. The molecular weight excluding hydrogens is 112 g/mol. The second kappa shape index (κ2) is 2.62. The summed E-state index contributed by atoms with van der Waals surface area (Å²) in [5.41, 5.74) is 11.6. The van der Waals surface area contributed by atoms with Crippen LogP contribution in [0.15, 0.2) is 24.3 Å². The standard InChI is InChI=1S/C7H9N2/c8-7(9)6-4-2-1-3-5-6/h1-4,7H,8-9H2. The lowest BCUT2D eigenvalue weighted by Gasteiger charge is -2.01. The third-order valence-corrected chi connectivity index (χ3v) is 1.09. The summed E-state index contributed by atoms with van der Waals surface area (Å²) < 4.78 is 0. The molecule has 0 heterocycles. The Hall–Kier alpha value is -0.860. The Bertz CT molecular complexity index is 170. The minimum Gasteiger partial charge on any atom is -0.312 e. The van der Waals surface area contributed by atoms with Crippen molar-refractivity contribution in [1.82, 2.24) is 0 Å². The highest BCUT2D eigenvalue weighted by Gasteiger charge is 1.94. The van der Waals surface area contributed by atoms with Crippen molar-refractivity contribution >= 4 is 0 Å². The predicted octanol–water partition coefficient (Wildman–Crippen LogP) is 0.403. The van der Waals surface area contributed by atoms with Gasteiger partial charge in [-0.15, -0.1) is 0 Å². The van der Waals surface area contributed by atoms with E-state index in [9.17, 15) is 0 Å². The van der Waals surface area contributed by atoms with Crippen LogP contribution in [-0.4, -0.2) is 0 Å². The smallest absolute Gasteiger partial charge is 0.0790 e. The second-order valence-electron chi connectivity index (χ2n) is 1.84. The Balaban J connectivity index is 2.85. The number of rotatable bonds is 1. The molecule has 1 aromatic carbocycles. The van der Waals surface area contributed by atoms with Gasteiger partial charge in [0, 0.05) is 0 Å². The van der Waals surface area contributed by atoms with Crippen molar-refractivity contribution in [2.75, 3.05) is 0 Å². The Morgan fingerprint density at radius 3 is 2.44 bits per heavy atom. The van der Waals surface area contributed by atoms with Gasteiger partial charge in [0.1, 0.15) is 0 Å². The van der Waals surface area contributed by atoms with E-state index >= 15 is 0 Å². The fourth-order valence-corrected chi connectivity index (χ4v) is 0.615. The van der Waals surface area contributed by atoms with Crippen molar-refractivity contribution in [3.8, 4) is 0 Å². The molecule has 0 aliphatic heterocycles. The lowest BCUT2D eigenvalue weighted by Crippen LogP contribution is -2.19. The first-order valence-electron chi connectivity index (χ1n) is 2.78. The van der Waals surface area contributed by atoms with Crippen molar-refractivity contribution in [3.05, 3.63) is 35.9 Å². The first-order valence-corrected chi connectivity index (χ1v) is 2.78. The van der Waals surface area contributed by atoms with E-state index in [0.29, 0.717) is 0 Å². The van der Waals surface area contributed by atoms with Crippen LogP contribution in [0.1, 0.15) is 11.7 Å². The van der Waals surface area contributed by atoms with E-state index in [2.05, 4.69) is 6.07 Å². The average Bonchev–Trinajstić information content (AvgIpc) is 1.90. The lowest BCUT2D eigenvalue weighted by molar-refractivity contribution is 0.772. The summed E-state index contributed by atoms with van der Waals surface area (Å²) in [7, 11) is 0. The van der Waals surface area contributed by atoms with Crippen LogP contribution in [-0.2, 0) is 0 Å². The molecule has 0 aliphatic carbocycles. The van der Waals surface area contributed by atoms with Gasteiger partial charge in [-0.3, -0.25) is 0 Å². The monoisotopic (exact) mass is 121 g/mol. The maximum absolute atomic E-state index is 5.36. The van der Waals surface area contributed by atoms with Gasteiger partial charge in [0.2, 0.25) is 0 Å². The maximum atomic E-state index is 5.36. The molecule has 4 N–H and O–H groups in total. The highest BCUT2D eigenvalue weighted by molar-refractivity contribution is 5.15. The fraction of sp³-hybridized carbons (Fsp3) is 0.143. The molecule has 0 saturated carbocycles. The van der Waals surface area contributed by atoms with Gasteiger partial charge in [-0.25, -0.2) is 0 Å². The molecule has 0 aliphatic rings. The predicted molar refractivity (Wildman–Crippen MR) is 36.4 cm³/mol. The molecular formula is C7H9N2. The van der Waals surface area contributed by atoms with Gasteiger partial charge >= 0.3 is 0 Å². The Kier molecular flexibility index (Phi) is 1.82. The van der Waals surface area contributed by atoms with E-state index in [-0.39, 0.29) is 0 Å². The second-order valence-corrected chi connectivity index (χ2v) is 1.84. The van der Waals surface area contributed by atoms with E-state index in [4.69, 9.17) is 11.5 Å². The molecule has 0 fully saturated rings. The minimum absolute atomic E-state index is 0.397. The van der Waals surface area contributed by atoms with Crippen molar-refractivity contribution < 1.29 is 0 Å². The summed E-state index contributed by atoms with van der Waals surface area (Å²) in [5.74, 6) is 0. The van der Waals surface area contributed by atoms with Crippen LogP contribution in [0.2, 0.25) is 0 Å². The lowest BCUT2D eigenvalue weighted by atomic mass is 10.2. The van der Waals surface area contributed by atoms with Gasteiger partial charge in [-0.1, -0.05) is 24.3 Å². The van der Waals surface area contributed by atoms with Crippen LogP contribution in [0, 0.1) is 6.07 Å². The molecule has 9 heavy (non-hydrogen) atoms. The maximum Gasteiger partial charge on any atom is 0.0790 e. The first kappa shape index (κ1) is 6.26. The van der Waals surface area contributed by atoms with Crippen LogP contribution in [0.5, 0.6) is 0 Å². The molecule has 0 saturated heterocycles. The molecule has 0 bridgehead atoms. The normalized spacial score (nSPS) is 10.1. The molecule has 1 rings (SSSR count). The molecule has 0 spiro atoms. The van der Waals surface area contributed by atoms with Gasteiger partial charge in [-0.2, -0.15) is 0 Å². The van der Waals surface area contributed by atoms with Gasteiger partial charge in [0.15, 0.2) is 0 Å². The molecule has 1 radical (unpaired) electrons. The van der Waals surface area contributed by atoms with Gasteiger partial charge in [0.05, 0.1) is 6.17 Å². The van der Waals surface area contributed by atoms with Crippen molar-refractivity contribution in [2.24, 2.45) is 11.5 Å². The van der Waals surface area contributed by atoms with Crippen LogP contribution >= 0.6 is 0 Å². The summed E-state index contributed by atoms with van der Waals surface area (Å²) >= 11 is 0. The molecule has 2 nitrogen and oxygen atoms in total. The summed E-state index contributed by atoms with van der Waals surface area (Å²) in [6.07, 6.45) is -0.397. The SMILES string of the molecule is NC(N)c1[c]cccc1. The van der Waals surface area contributed by atoms with Crippen molar-refractivity contribution in [3.63, 3.8) is 0 Å². The number of nitrogens with two attached hydrogens (primary N) is 2. The van der Waals surface area contributed by atoms with E-state index in [1.54, 1.807) is 6.07 Å². The topological polar surface area (TPSA) is 52.0 Å². The quantitative estimate of drug-likeness (QED) is 0.528. The van der Waals surface area contributed by atoms with Crippen molar-refractivity contribution in [1.29, 1.82) is 0 Å². The Labute approximate surface area is 54.5 Å². The highest BCUT2D eigenvalue weighted by atomic mass is 14.8. The van der Waals surface area contributed by atoms with E-state index in [1.807, 2.05) is 18.2 Å². The zero-order chi connectivity index (χ0) is 6.69. The van der Waals surface area contributed by atoms with E-state index < -0.39 is 6.17 Å². The largest absolute Gasteiger partial charge is 0.312 e. The Morgan fingerprint density at radius 1 is 1.33 bits per heavy atom. The molecule has 1 aromatic rings. The van der Waals surface area contributed by atoms with Gasteiger partial charge in [-0.05, 0) is 11.6 Å². The molecule has 0 amide bonds. The van der Waals surface area contributed by atoms with Gasteiger partial charge in [0.25, 0.3) is 0 Å². The number of hydrogen-bond donors (Lipinski definition) is 2. The zero-order valence-electron chi connectivity index (χ0n) is 5.04. The van der Waals surface area contributed by atoms with E-state index in [1.165, 1.54) is 0 Å². The zero-order valence-corrected chi connectivity index (χ0v) is 5.04. The molecule has 47 valence electrons. The highest BCUT2D eigenvalue weighted by Crippen LogP contribution is 2.00. The molecule has 0 atom stereocenters. The number of benzene rings is 1. The third-order valence-electron chi connectivity index (χ3n) is 1.09. The van der Waals surface area contributed by atoms with Crippen molar-refractivity contribution in [2.45, 2.75) is 6.17 Å². The van der Waals surface area contributed by atoms with E-state index in [0.717, 1.165) is 5.56 Å². The summed E-state index contributed by atoms with van der Waals surface area (Å²) in [6.45, 7) is 0. The minimum atomic E-state index is -0.397. The number of hydrogen-bond acceptors (Lipinski definition) is 2. The van der Waals surface area contributed by atoms with Crippen LogP contribution in [0.25, 0.3) is 0 Å². The molecule has 0 aromatic heterocycles. The summed E-state index contributed by atoms with van der Waals surface area (Å²) in [4.78, 5) is 0. The van der Waals surface area contributed by atoms with Gasteiger partial charge < -0.3 is 11.5 Å². The average molecular weight is 121 g/mol. The van der Waals surface area contributed by atoms with Crippen LogP contribution in [0.3, 0.4) is 0 Å². The summed E-state index contributed by atoms with van der Waals surface area (Å²) in [5, 5.41) is 0. The summed E-state index contributed by atoms with van der Waals surface area (Å²) in [6, 6.07) is 10.3.